The number of benzene rings is 8. The molecule has 5 heteroatoms. The van der Waals surface area contributed by atoms with Gasteiger partial charge in [0.25, 0.3) is 0 Å². The normalized spacial score (nSPS) is 12.6. The van der Waals surface area contributed by atoms with E-state index in [0.717, 1.165) is 77.9 Å². The van der Waals surface area contributed by atoms with E-state index in [1.165, 1.54) is 6.07 Å². The number of nitrogens with zero attached hydrogens (tertiary/aromatic N) is 3. The Balaban J connectivity index is 1.22. The van der Waals surface area contributed by atoms with Crippen LogP contribution in [0.4, 0.5) is 4.39 Å². The Morgan fingerprint density at radius 1 is 0.356 bits per heavy atom. The summed E-state index contributed by atoms with van der Waals surface area (Å²) in [7, 11) is 0. The monoisotopic (exact) mass is 763 g/mol. The molecule has 9 aromatic rings. The van der Waals surface area contributed by atoms with Gasteiger partial charge in [0, 0.05) is 27.8 Å². The molecular formula is C54H38FN3O. The van der Waals surface area contributed by atoms with E-state index in [9.17, 15) is 4.39 Å². The number of fused-ring (bicyclic) bond motifs is 3. The highest BCUT2D eigenvalue weighted by Crippen LogP contribution is 2.47. The minimum absolute atomic E-state index is 0.303. The molecule has 282 valence electrons. The minimum Gasteiger partial charge on any atom is -0.482 e. The van der Waals surface area contributed by atoms with Crippen LogP contribution in [0.15, 0.2) is 194 Å². The van der Waals surface area contributed by atoms with E-state index in [-0.39, 0.29) is 5.82 Å². The standard InChI is InChI=1S/C54H38FN3O/c1-54(2)49-25-24-46(55)34-47(49)48-33-39(23-26-50(48)59-54)51-56-52(44-29-40(35-15-7-3-8-16-35)27-41(30-44)36-17-9-4-10-18-36)58-53(57-51)45-31-42(37-19-11-5-12-20-37)28-43(32-45)38-21-13-6-14-22-38/h3-34H,1-2H3. The number of hydrogen-bond donors (Lipinski definition) is 0. The zero-order valence-corrected chi connectivity index (χ0v) is 32.6. The van der Waals surface area contributed by atoms with Gasteiger partial charge in [-0.3, -0.25) is 0 Å². The lowest BCUT2D eigenvalue weighted by atomic mass is 9.85. The van der Waals surface area contributed by atoms with E-state index in [1.807, 2.05) is 62.4 Å². The number of ether oxygens (including phenoxy) is 1. The third-order valence-corrected chi connectivity index (χ3v) is 11.0. The molecule has 0 atom stereocenters. The average molecular weight is 764 g/mol. The molecule has 0 spiro atoms. The van der Waals surface area contributed by atoms with E-state index in [4.69, 9.17) is 19.7 Å². The fourth-order valence-electron chi connectivity index (χ4n) is 8.03. The highest BCUT2D eigenvalue weighted by Gasteiger charge is 2.33. The van der Waals surface area contributed by atoms with Crippen LogP contribution in [0.1, 0.15) is 19.4 Å². The van der Waals surface area contributed by atoms with Gasteiger partial charge in [0.05, 0.1) is 0 Å². The van der Waals surface area contributed by atoms with Gasteiger partial charge in [0.1, 0.15) is 17.2 Å². The smallest absolute Gasteiger partial charge is 0.164 e. The van der Waals surface area contributed by atoms with Crippen molar-refractivity contribution in [1.29, 1.82) is 0 Å². The second-order valence-corrected chi connectivity index (χ2v) is 15.4. The Hall–Kier alpha value is -7.50. The molecule has 0 unspecified atom stereocenters. The average Bonchev–Trinajstić information content (AvgIpc) is 3.29. The molecule has 0 fully saturated rings. The molecule has 1 aliphatic rings. The Morgan fingerprint density at radius 3 is 1.17 bits per heavy atom. The Labute approximate surface area is 343 Å². The van der Waals surface area contributed by atoms with Crippen molar-refractivity contribution in [1.82, 2.24) is 15.0 Å². The summed E-state index contributed by atoms with van der Waals surface area (Å²) >= 11 is 0. The van der Waals surface area contributed by atoms with Crippen LogP contribution in [0.25, 0.3) is 89.8 Å². The molecule has 0 radical (unpaired) electrons. The second-order valence-electron chi connectivity index (χ2n) is 15.4. The number of hydrogen-bond acceptors (Lipinski definition) is 4. The van der Waals surface area contributed by atoms with Gasteiger partial charge in [-0.25, -0.2) is 19.3 Å². The van der Waals surface area contributed by atoms with Gasteiger partial charge in [-0.05, 0) is 131 Å². The summed E-state index contributed by atoms with van der Waals surface area (Å²) < 4.78 is 21.4. The van der Waals surface area contributed by atoms with Gasteiger partial charge in [0.15, 0.2) is 17.5 Å². The number of rotatable bonds is 7. The molecule has 2 heterocycles. The van der Waals surface area contributed by atoms with Gasteiger partial charge < -0.3 is 4.74 Å². The molecule has 0 N–H and O–H groups in total. The third kappa shape index (κ3) is 7.08. The van der Waals surface area contributed by atoms with Crippen molar-refractivity contribution in [3.63, 3.8) is 0 Å². The van der Waals surface area contributed by atoms with Crippen molar-refractivity contribution in [3.05, 3.63) is 206 Å². The predicted molar refractivity (Wildman–Crippen MR) is 237 cm³/mol. The van der Waals surface area contributed by atoms with E-state index in [0.29, 0.717) is 23.2 Å². The first-order valence-corrected chi connectivity index (χ1v) is 19.8. The second kappa shape index (κ2) is 14.8. The number of aromatic nitrogens is 3. The molecule has 4 nitrogen and oxygen atoms in total. The lowest BCUT2D eigenvalue weighted by Crippen LogP contribution is -2.29. The van der Waals surface area contributed by atoms with Crippen LogP contribution in [0.2, 0.25) is 0 Å². The summed E-state index contributed by atoms with van der Waals surface area (Å²) in [4.78, 5) is 15.8. The van der Waals surface area contributed by atoms with Gasteiger partial charge >= 0.3 is 0 Å². The summed E-state index contributed by atoms with van der Waals surface area (Å²) in [6.07, 6.45) is 0. The van der Waals surface area contributed by atoms with Crippen LogP contribution >= 0.6 is 0 Å². The van der Waals surface area contributed by atoms with E-state index < -0.39 is 5.60 Å². The predicted octanol–water partition coefficient (Wildman–Crippen LogP) is 14.0. The van der Waals surface area contributed by atoms with Crippen molar-refractivity contribution >= 4 is 0 Å². The van der Waals surface area contributed by atoms with Crippen LogP contribution in [0.5, 0.6) is 5.75 Å². The van der Waals surface area contributed by atoms with E-state index in [1.54, 1.807) is 6.07 Å². The maximum absolute atomic E-state index is 14.9. The first-order valence-electron chi connectivity index (χ1n) is 19.8. The zero-order chi connectivity index (χ0) is 39.9. The SMILES string of the molecule is CC1(C)Oc2ccc(-c3nc(-c4cc(-c5ccccc5)cc(-c5ccccc5)c4)nc(-c4cc(-c5ccccc5)cc(-c5ccccc5)c4)n3)cc2-c2cc(F)ccc21. The first-order chi connectivity index (χ1) is 28.8. The van der Waals surface area contributed by atoms with Crippen LogP contribution < -0.4 is 4.74 Å². The van der Waals surface area contributed by atoms with Crippen molar-refractivity contribution in [3.8, 4) is 95.5 Å². The van der Waals surface area contributed by atoms with Crippen LogP contribution in [-0.2, 0) is 5.60 Å². The van der Waals surface area contributed by atoms with Crippen molar-refractivity contribution in [2.24, 2.45) is 0 Å². The third-order valence-electron chi connectivity index (χ3n) is 11.0. The summed E-state index contributed by atoms with van der Waals surface area (Å²) in [5.41, 5.74) is 12.9. The first kappa shape index (κ1) is 35.9. The summed E-state index contributed by atoms with van der Waals surface area (Å²) in [5.74, 6) is 1.94. The maximum Gasteiger partial charge on any atom is 0.164 e. The maximum atomic E-state index is 14.9. The molecule has 8 aromatic carbocycles. The van der Waals surface area contributed by atoms with Crippen molar-refractivity contribution in [2.45, 2.75) is 19.4 Å². The quantitative estimate of drug-likeness (QED) is 0.162. The fraction of sp³-hybridized carbons (Fsp3) is 0.0556. The van der Waals surface area contributed by atoms with Gasteiger partial charge in [-0.15, -0.1) is 0 Å². The van der Waals surface area contributed by atoms with E-state index >= 15 is 0 Å². The molecule has 10 rings (SSSR count). The van der Waals surface area contributed by atoms with Crippen LogP contribution in [0, 0.1) is 5.82 Å². The Kier molecular flexibility index (Phi) is 8.99. The molecule has 1 aliphatic heterocycles. The minimum atomic E-state index is -0.633. The molecule has 0 saturated carbocycles. The fourth-order valence-corrected chi connectivity index (χ4v) is 8.03. The van der Waals surface area contributed by atoms with Crippen LogP contribution in [-0.4, -0.2) is 15.0 Å². The molecule has 0 aliphatic carbocycles. The molecule has 0 saturated heterocycles. The topological polar surface area (TPSA) is 47.9 Å². The summed E-state index contributed by atoms with van der Waals surface area (Å²) in [6.45, 7) is 4.01. The highest BCUT2D eigenvalue weighted by atomic mass is 19.1. The van der Waals surface area contributed by atoms with Gasteiger partial charge in [-0.1, -0.05) is 127 Å². The molecule has 0 bridgehead atoms. The number of halogens is 1. The largest absolute Gasteiger partial charge is 0.482 e. The molecular weight excluding hydrogens is 726 g/mol. The lowest BCUT2D eigenvalue weighted by molar-refractivity contribution is 0.105. The summed E-state index contributed by atoms with van der Waals surface area (Å²) in [5, 5.41) is 0. The zero-order valence-electron chi connectivity index (χ0n) is 32.6. The molecule has 59 heavy (non-hydrogen) atoms. The Bertz CT molecular complexity index is 2730. The van der Waals surface area contributed by atoms with Crippen molar-refractivity contribution in [2.75, 3.05) is 0 Å². The van der Waals surface area contributed by atoms with Gasteiger partial charge in [0.2, 0.25) is 0 Å². The van der Waals surface area contributed by atoms with E-state index in [2.05, 4.69) is 133 Å². The summed E-state index contributed by atoms with van der Waals surface area (Å²) in [6, 6.07) is 65.4. The van der Waals surface area contributed by atoms with Crippen molar-refractivity contribution < 1.29 is 9.13 Å². The highest BCUT2D eigenvalue weighted by molar-refractivity contribution is 5.84. The molecule has 0 amide bonds. The Morgan fingerprint density at radius 2 is 0.746 bits per heavy atom. The lowest BCUT2D eigenvalue weighted by Gasteiger charge is -2.35. The molecule has 1 aromatic heterocycles. The van der Waals surface area contributed by atoms with Crippen LogP contribution in [0.3, 0.4) is 0 Å². The van der Waals surface area contributed by atoms with Gasteiger partial charge in [-0.2, -0.15) is 0 Å².